The normalized spacial score (nSPS) is 20.0. The molecular weight excluding hydrogens is 392 g/mol. The average molecular weight is 416 g/mol. The first-order valence-electron chi connectivity index (χ1n) is 10.4. The van der Waals surface area contributed by atoms with Crippen molar-refractivity contribution in [3.05, 3.63) is 82.2 Å². The van der Waals surface area contributed by atoms with Crippen molar-refractivity contribution in [2.45, 2.75) is 31.6 Å². The van der Waals surface area contributed by atoms with Crippen LogP contribution in [-0.2, 0) is 4.79 Å². The molecule has 0 fully saturated rings. The van der Waals surface area contributed by atoms with E-state index in [2.05, 4.69) is 22.6 Å². The van der Waals surface area contributed by atoms with Gasteiger partial charge in [-0.05, 0) is 42.5 Å². The standard InChI is InChI=1S/C25H24N2O4/c1-14-22-23(15-7-5-4-6-8-15)24-18(26-25(22)31-27-14)11-17(12-19(24)28)16-9-10-20(29-2)21(13-16)30-3/h4-10,13,17,23,26H,11-12H2,1-3H3/t17-,23+/m1/s1. The van der Waals surface area contributed by atoms with Gasteiger partial charge in [-0.15, -0.1) is 0 Å². The fourth-order valence-electron chi connectivity index (χ4n) is 4.79. The quantitative estimate of drug-likeness (QED) is 0.648. The van der Waals surface area contributed by atoms with E-state index in [0.717, 1.165) is 33.7 Å². The lowest BCUT2D eigenvalue weighted by Gasteiger charge is -2.34. The summed E-state index contributed by atoms with van der Waals surface area (Å²) in [7, 11) is 3.24. The summed E-state index contributed by atoms with van der Waals surface area (Å²) >= 11 is 0. The number of anilines is 1. The lowest BCUT2D eigenvalue weighted by molar-refractivity contribution is -0.116. The van der Waals surface area contributed by atoms with Crippen LogP contribution in [-0.4, -0.2) is 25.2 Å². The van der Waals surface area contributed by atoms with Crippen molar-refractivity contribution in [2.24, 2.45) is 0 Å². The van der Waals surface area contributed by atoms with E-state index in [1.165, 1.54) is 0 Å². The Morgan fingerprint density at radius 2 is 1.77 bits per heavy atom. The number of ether oxygens (including phenoxy) is 2. The molecule has 2 aromatic carbocycles. The summed E-state index contributed by atoms with van der Waals surface area (Å²) in [4.78, 5) is 13.5. The van der Waals surface area contributed by atoms with E-state index in [4.69, 9.17) is 14.0 Å². The predicted molar refractivity (Wildman–Crippen MR) is 117 cm³/mol. The number of benzene rings is 2. The molecule has 0 radical (unpaired) electrons. The van der Waals surface area contributed by atoms with Crippen molar-refractivity contribution in [3.63, 3.8) is 0 Å². The number of ketones is 1. The Morgan fingerprint density at radius 1 is 1.00 bits per heavy atom. The van der Waals surface area contributed by atoms with Crippen LogP contribution in [0.25, 0.3) is 0 Å². The first kappa shape index (κ1) is 19.4. The molecule has 2 aliphatic rings. The number of aryl methyl sites for hydroxylation is 1. The molecule has 1 N–H and O–H groups in total. The van der Waals surface area contributed by atoms with Crippen LogP contribution in [0.3, 0.4) is 0 Å². The van der Waals surface area contributed by atoms with Gasteiger partial charge in [0.25, 0.3) is 0 Å². The number of hydrogen-bond acceptors (Lipinski definition) is 6. The summed E-state index contributed by atoms with van der Waals surface area (Å²) in [5.74, 6) is 1.99. The lowest BCUT2D eigenvalue weighted by atomic mass is 9.72. The van der Waals surface area contributed by atoms with Gasteiger partial charge < -0.3 is 19.3 Å². The van der Waals surface area contributed by atoms with Gasteiger partial charge in [0.05, 0.1) is 25.5 Å². The van der Waals surface area contributed by atoms with Crippen molar-refractivity contribution >= 4 is 11.7 Å². The second kappa shape index (κ2) is 7.61. The van der Waals surface area contributed by atoms with Gasteiger partial charge in [-0.25, -0.2) is 0 Å². The maximum absolute atomic E-state index is 13.5. The number of nitrogens with zero attached hydrogens (tertiary/aromatic N) is 1. The SMILES string of the molecule is COc1ccc([C@H]2CC(=O)C3=C(C2)Nc2onc(C)c2[C@@H]3c2ccccc2)cc1OC. The van der Waals surface area contributed by atoms with Gasteiger partial charge in [-0.2, -0.15) is 0 Å². The zero-order valence-corrected chi connectivity index (χ0v) is 17.8. The minimum Gasteiger partial charge on any atom is -0.493 e. The fourth-order valence-corrected chi connectivity index (χ4v) is 4.79. The van der Waals surface area contributed by atoms with E-state index in [0.29, 0.717) is 30.2 Å². The highest BCUT2D eigenvalue weighted by Gasteiger charge is 2.41. The van der Waals surface area contributed by atoms with Crippen molar-refractivity contribution < 1.29 is 18.8 Å². The van der Waals surface area contributed by atoms with Crippen LogP contribution in [0.4, 0.5) is 5.88 Å². The summed E-state index contributed by atoms with van der Waals surface area (Å²) in [5.41, 5.74) is 5.60. The van der Waals surface area contributed by atoms with Crippen molar-refractivity contribution in [1.29, 1.82) is 0 Å². The molecule has 1 aromatic heterocycles. The monoisotopic (exact) mass is 416 g/mol. The van der Waals surface area contributed by atoms with Crippen LogP contribution in [0.2, 0.25) is 0 Å². The first-order chi connectivity index (χ1) is 15.1. The molecule has 1 aliphatic carbocycles. The Bertz CT molecular complexity index is 1180. The molecule has 0 unspecified atom stereocenters. The van der Waals surface area contributed by atoms with Gasteiger partial charge in [0.15, 0.2) is 17.3 Å². The van der Waals surface area contributed by atoms with Crippen molar-refractivity contribution in [1.82, 2.24) is 5.16 Å². The largest absolute Gasteiger partial charge is 0.493 e. The van der Waals surface area contributed by atoms with Crippen molar-refractivity contribution in [2.75, 3.05) is 19.5 Å². The zero-order valence-electron chi connectivity index (χ0n) is 17.8. The summed E-state index contributed by atoms with van der Waals surface area (Å²) < 4.78 is 16.4. The second-order valence-electron chi connectivity index (χ2n) is 8.01. The Hall–Kier alpha value is -3.54. The molecule has 31 heavy (non-hydrogen) atoms. The molecule has 0 spiro atoms. The number of Topliss-reactive ketones (excluding diaryl/α,β-unsaturated/α-hetero) is 1. The smallest absolute Gasteiger partial charge is 0.233 e. The van der Waals surface area contributed by atoms with Gasteiger partial charge in [-0.1, -0.05) is 41.6 Å². The molecule has 0 bridgehead atoms. The molecule has 1 aliphatic heterocycles. The zero-order chi connectivity index (χ0) is 21.5. The number of nitrogens with one attached hydrogen (secondary N) is 1. The summed E-state index contributed by atoms with van der Waals surface area (Å²) in [6, 6.07) is 16.0. The Balaban J connectivity index is 1.57. The highest BCUT2D eigenvalue weighted by molar-refractivity contribution is 6.01. The minimum absolute atomic E-state index is 0.0422. The van der Waals surface area contributed by atoms with Gasteiger partial charge in [0.1, 0.15) is 0 Å². The maximum Gasteiger partial charge on any atom is 0.233 e. The number of carbonyl (C=O) groups excluding carboxylic acids is 1. The average Bonchev–Trinajstić information content (AvgIpc) is 3.17. The Kier molecular flexibility index (Phi) is 4.77. The van der Waals surface area contributed by atoms with Crippen molar-refractivity contribution in [3.8, 4) is 11.5 Å². The molecule has 158 valence electrons. The van der Waals surface area contributed by atoms with E-state index in [1.54, 1.807) is 14.2 Å². The van der Waals surface area contributed by atoms with Gasteiger partial charge >= 0.3 is 0 Å². The topological polar surface area (TPSA) is 73.6 Å². The summed E-state index contributed by atoms with van der Waals surface area (Å²) in [6.07, 6.45) is 1.15. The molecular formula is C25H24N2O4. The third kappa shape index (κ3) is 3.19. The number of carbonyl (C=O) groups is 1. The molecule has 6 heteroatoms. The lowest BCUT2D eigenvalue weighted by Crippen LogP contribution is -2.29. The highest BCUT2D eigenvalue weighted by atomic mass is 16.5. The van der Waals surface area contributed by atoms with E-state index < -0.39 is 0 Å². The van der Waals surface area contributed by atoms with Crippen LogP contribution in [0.15, 0.2) is 64.3 Å². The Morgan fingerprint density at radius 3 is 2.52 bits per heavy atom. The van der Waals surface area contributed by atoms with Gasteiger partial charge in [-0.3, -0.25) is 4.79 Å². The summed E-state index contributed by atoms with van der Waals surface area (Å²) in [6.45, 7) is 1.92. The predicted octanol–water partition coefficient (Wildman–Crippen LogP) is 4.96. The van der Waals surface area contributed by atoms with E-state index in [9.17, 15) is 4.79 Å². The molecule has 0 saturated heterocycles. The maximum atomic E-state index is 13.5. The molecule has 0 amide bonds. The number of allylic oxidation sites excluding steroid dienone is 2. The third-order valence-electron chi connectivity index (χ3n) is 6.27. The molecule has 3 aromatic rings. The molecule has 5 rings (SSSR count). The number of rotatable bonds is 4. The number of fused-ring (bicyclic) bond motifs is 1. The van der Waals surface area contributed by atoms with Crippen LogP contribution >= 0.6 is 0 Å². The van der Waals surface area contributed by atoms with Gasteiger partial charge in [0.2, 0.25) is 5.88 Å². The molecule has 6 nitrogen and oxygen atoms in total. The van der Waals surface area contributed by atoms with Gasteiger partial charge in [0, 0.05) is 23.6 Å². The van der Waals surface area contributed by atoms with E-state index in [1.807, 2.05) is 43.3 Å². The number of hydrogen-bond donors (Lipinski definition) is 1. The van der Waals surface area contributed by atoms with Crippen LogP contribution in [0.1, 0.15) is 47.1 Å². The van der Waals surface area contributed by atoms with Crippen LogP contribution in [0, 0.1) is 6.92 Å². The number of aromatic nitrogens is 1. The van der Waals surface area contributed by atoms with E-state index >= 15 is 0 Å². The second-order valence-corrected chi connectivity index (χ2v) is 8.01. The fraction of sp³-hybridized carbons (Fsp3) is 0.280. The van der Waals surface area contributed by atoms with Crippen LogP contribution in [0.5, 0.6) is 11.5 Å². The van der Waals surface area contributed by atoms with E-state index in [-0.39, 0.29) is 17.6 Å². The highest BCUT2D eigenvalue weighted by Crippen LogP contribution is 2.49. The number of methoxy groups -OCH3 is 2. The summed E-state index contributed by atoms with van der Waals surface area (Å²) in [5, 5.41) is 7.54. The Labute approximate surface area is 180 Å². The third-order valence-corrected chi connectivity index (χ3v) is 6.27. The molecule has 0 saturated carbocycles. The molecule has 2 heterocycles. The minimum atomic E-state index is -0.169. The van der Waals surface area contributed by atoms with Crippen LogP contribution < -0.4 is 14.8 Å². The molecule has 2 atom stereocenters. The first-order valence-corrected chi connectivity index (χ1v) is 10.4.